The minimum Gasteiger partial charge on any atom is -0.394 e. The van der Waals surface area contributed by atoms with Gasteiger partial charge in [0.2, 0.25) is 0 Å². The molecule has 2 aromatic rings. The fourth-order valence-corrected chi connectivity index (χ4v) is 1.80. The number of nitrogens with zero attached hydrogens (tertiary/aromatic N) is 1. The number of hydrogen-bond donors (Lipinski definition) is 2. The van der Waals surface area contributed by atoms with Gasteiger partial charge in [0.25, 0.3) is 0 Å². The van der Waals surface area contributed by atoms with Crippen molar-refractivity contribution in [2.24, 2.45) is 0 Å². The average molecular weight is 286 g/mol. The van der Waals surface area contributed by atoms with Gasteiger partial charge in [0, 0.05) is 11.7 Å². The Hall–Kier alpha value is -2.05. The van der Waals surface area contributed by atoms with Crippen molar-refractivity contribution >= 4 is 16.5 Å². The lowest BCUT2D eigenvalue weighted by Crippen LogP contribution is -2.19. The molecule has 0 bridgehead atoms. The van der Waals surface area contributed by atoms with Crippen molar-refractivity contribution in [3.05, 3.63) is 42.0 Å². The van der Waals surface area contributed by atoms with E-state index >= 15 is 0 Å². The third-order valence-electron chi connectivity index (χ3n) is 2.69. The van der Waals surface area contributed by atoms with Crippen LogP contribution in [0.2, 0.25) is 0 Å². The first kappa shape index (κ1) is 18.9. The Morgan fingerprint density at radius 1 is 1.14 bits per heavy atom. The Balaban J connectivity index is 0.000000921. The van der Waals surface area contributed by atoms with Gasteiger partial charge in [0.05, 0.1) is 18.2 Å². The van der Waals surface area contributed by atoms with Crippen LogP contribution in [-0.2, 0) is 0 Å². The van der Waals surface area contributed by atoms with Crippen molar-refractivity contribution in [1.82, 2.24) is 0 Å². The van der Waals surface area contributed by atoms with Crippen molar-refractivity contribution in [2.75, 3.05) is 11.9 Å². The molecule has 1 unspecified atom stereocenters. The molecule has 0 heterocycles. The van der Waals surface area contributed by atoms with Gasteiger partial charge in [-0.2, -0.15) is 5.26 Å². The molecule has 0 aliphatic carbocycles. The van der Waals surface area contributed by atoms with Gasteiger partial charge in [-0.1, -0.05) is 45.9 Å². The SMILES string of the molecule is CC.CC.CC(CO)Nc1ccc2c(C#N)cccc2c1. The maximum absolute atomic E-state index is 8.99. The fourth-order valence-electron chi connectivity index (χ4n) is 1.80. The van der Waals surface area contributed by atoms with Gasteiger partial charge in [-0.05, 0) is 35.9 Å². The lowest BCUT2D eigenvalue weighted by molar-refractivity contribution is 0.281. The van der Waals surface area contributed by atoms with E-state index in [0.717, 1.165) is 16.5 Å². The predicted molar refractivity (Wildman–Crippen MR) is 91.5 cm³/mol. The van der Waals surface area contributed by atoms with E-state index in [1.807, 2.05) is 71.0 Å². The number of benzene rings is 2. The second kappa shape index (κ2) is 10.7. The minimum atomic E-state index is 0.0200. The van der Waals surface area contributed by atoms with Gasteiger partial charge < -0.3 is 10.4 Å². The summed E-state index contributed by atoms with van der Waals surface area (Å²) < 4.78 is 0. The monoisotopic (exact) mass is 286 g/mol. The zero-order valence-corrected chi connectivity index (χ0v) is 13.6. The summed E-state index contributed by atoms with van der Waals surface area (Å²) in [6.45, 7) is 10.0. The van der Waals surface area contributed by atoms with Crippen molar-refractivity contribution < 1.29 is 5.11 Å². The van der Waals surface area contributed by atoms with E-state index in [2.05, 4.69) is 11.4 Å². The Morgan fingerprint density at radius 3 is 2.38 bits per heavy atom. The molecule has 2 rings (SSSR count). The summed E-state index contributed by atoms with van der Waals surface area (Å²) >= 11 is 0. The van der Waals surface area contributed by atoms with Crippen LogP contribution in [0.5, 0.6) is 0 Å². The summed E-state index contributed by atoms with van der Waals surface area (Å²) in [6.07, 6.45) is 0. The number of fused-ring (bicyclic) bond motifs is 1. The summed E-state index contributed by atoms with van der Waals surface area (Å²) in [4.78, 5) is 0. The second-order valence-electron chi connectivity index (χ2n) is 4.08. The Labute approximate surface area is 128 Å². The first-order chi connectivity index (χ1) is 10.2. The van der Waals surface area contributed by atoms with Gasteiger partial charge in [-0.25, -0.2) is 0 Å². The van der Waals surface area contributed by atoms with E-state index in [1.165, 1.54) is 0 Å². The molecule has 0 radical (unpaired) electrons. The molecular formula is C18H26N2O. The molecule has 0 saturated heterocycles. The highest BCUT2D eigenvalue weighted by Crippen LogP contribution is 2.22. The van der Waals surface area contributed by atoms with E-state index in [1.54, 1.807) is 0 Å². The number of aliphatic hydroxyl groups excluding tert-OH is 1. The van der Waals surface area contributed by atoms with E-state index < -0.39 is 0 Å². The maximum Gasteiger partial charge on any atom is 0.0998 e. The number of nitriles is 1. The highest BCUT2D eigenvalue weighted by Gasteiger charge is 2.03. The first-order valence-corrected chi connectivity index (χ1v) is 7.55. The van der Waals surface area contributed by atoms with E-state index in [4.69, 9.17) is 10.4 Å². The van der Waals surface area contributed by atoms with Gasteiger partial charge in [0.15, 0.2) is 0 Å². The van der Waals surface area contributed by atoms with Crippen LogP contribution in [0.15, 0.2) is 36.4 Å². The van der Waals surface area contributed by atoms with Crippen molar-refractivity contribution in [3.63, 3.8) is 0 Å². The summed E-state index contributed by atoms with van der Waals surface area (Å²) in [5.41, 5.74) is 1.64. The van der Waals surface area contributed by atoms with Gasteiger partial charge in [-0.15, -0.1) is 0 Å². The van der Waals surface area contributed by atoms with Crippen LogP contribution < -0.4 is 5.32 Å². The summed E-state index contributed by atoms with van der Waals surface area (Å²) in [5.74, 6) is 0. The molecule has 0 amide bonds. The van der Waals surface area contributed by atoms with Crippen LogP contribution in [0.25, 0.3) is 10.8 Å². The molecule has 0 aromatic heterocycles. The molecule has 2 N–H and O–H groups in total. The Kier molecular flexibility index (Phi) is 9.66. The largest absolute Gasteiger partial charge is 0.394 e. The summed E-state index contributed by atoms with van der Waals surface area (Å²) in [5, 5.41) is 23.1. The third kappa shape index (κ3) is 5.45. The number of rotatable bonds is 3. The summed E-state index contributed by atoms with van der Waals surface area (Å²) in [6, 6.07) is 13.7. The molecule has 21 heavy (non-hydrogen) atoms. The maximum atomic E-state index is 8.99. The van der Waals surface area contributed by atoms with Crippen LogP contribution in [0.3, 0.4) is 0 Å². The first-order valence-electron chi connectivity index (χ1n) is 7.55. The topological polar surface area (TPSA) is 56.0 Å². The quantitative estimate of drug-likeness (QED) is 0.869. The van der Waals surface area contributed by atoms with Crippen LogP contribution in [0, 0.1) is 11.3 Å². The van der Waals surface area contributed by atoms with Crippen LogP contribution in [0.1, 0.15) is 40.2 Å². The lowest BCUT2D eigenvalue weighted by atomic mass is 10.0. The van der Waals surface area contributed by atoms with Gasteiger partial charge >= 0.3 is 0 Å². The third-order valence-corrected chi connectivity index (χ3v) is 2.69. The van der Waals surface area contributed by atoms with Crippen molar-refractivity contribution in [2.45, 2.75) is 40.7 Å². The molecule has 0 aliphatic heterocycles. The summed E-state index contributed by atoms with van der Waals surface area (Å²) in [7, 11) is 0. The molecule has 1 atom stereocenters. The van der Waals surface area contributed by atoms with Crippen LogP contribution in [0.4, 0.5) is 5.69 Å². The normalized spacial score (nSPS) is 10.3. The molecular weight excluding hydrogens is 260 g/mol. The molecule has 3 nitrogen and oxygen atoms in total. The van der Waals surface area contributed by atoms with Gasteiger partial charge in [0.1, 0.15) is 0 Å². The second-order valence-corrected chi connectivity index (χ2v) is 4.08. The predicted octanol–water partition coefficient (Wildman–Crippen LogP) is 4.56. The molecule has 114 valence electrons. The fraction of sp³-hybridized carbons (Fsp3) is 0.389. The zero-order chi connectivity index (χ0) is 16.3. The highest BCUT2D eigenvalue weighted by molar-refractivity contribution is 5.90. The van der Waals surface area contributed by atoms with Crippen molar-refractivity contribution in [1.29, 1.82) is 5.26 Å². The van der Waals surface area contributed by atoms with Crippen LogP contribution >= 0.6 is 0 Å². The van der Waals surface area contributed by atoms with Crippen LogP contribution in [-0.4, -0.2) is 17.8 Å². The number of nitrogens with one attached hydrogen (secondary N) is 1. The molecule has 3 heteroatoms. The van der Waals surface area contributed by atoms with E-state index in [0.29, 0.717) is 5.56 Å². The van der Waals surface area contributed by atoms with Gasteiger partial charge in [-0.3, -0.25) is 0 Å². The molecule has 0 fully saturated rings. The lowest BCUT2D eigenvalue weighted by Gasteiger charge is -2.13. The number of aliphatic hydroxyl groups is 1. The molecule has 0 aliphatic rings. The van der Waals surface area contributed by atoms with E-state index in [-0.39, 0.29) is 12.6 Å². The highest BCUT2D eigenvalue weighted by atomic mass is 16.3. The minimum absolute atomic E-state index is 0.0200. The molecule has 0 saturated carbocycles. The zero-order valence-electron chi connectivity index (χ0n) is 13.6. The Morgan fingerprint density at radius 2 is 1.81 bits per heavy atom. The van der Waals surface area contributed by atoms with E-state index in [9.17, 15) is 0 Å². The van der Waals surface area contributed by atoms with Crippen molar-refractivity contribution in [3.8, 4) is 6.07 Å². The number of anilines is 1. The number of hydrogen-bond acceptors (Lipinski definition) is 3. The standard InChI is InChI=1S/C14H14N2O.2C2H6/c1-10(9-17)16-13-5-6-14-11(7-13)3-2-4-12(14)8-15;2*1-2/h2-7,10,16-17H,9H2,1H3;2*1-2H3. The molecule has 2 aromatic carbocycles. The average Bonchev–Trinajstić information content (AvgIpc) is 2.57. The molecule has 0 spiro atoms. The smallest absolute Gasteiger partial charge is 0.0998 e. The Bertz CT molecular complexity index is 573.